The predicted octanol–water partition coefficient (Wildman–Crippen LogP) is 0.212. The van der Waals surface area contributed by atoms with Crippen molar-refractivity contribution in [3.63, 3.8) is 0 Å². The number of fused-ring (bicyclic) bond motifs is 1. The highest BCUT2D eigenvalue weighted by atomic mass is 16.4. The van der Waals surface area contributed by atoms with Gasteiger partial charge in [-0.3, -0.25) is 14.4 Å². The van der Waals surface area contributed by atoms with Crippen molar-refractivity contribution in [1.82, 2.24) is 5.32 Å². The smallest absolute Gasteiger partial charge is 0.305 e. The molecule has 1 heterocycles. The van der Waals surface area contributed by atoms with Crippen molar-refractivity contribution < 1.29 is 19.5 Å². The van der Waals surface area contributed by atoms with Crippen LogP contribution in [0.15, 0.2) is 24.3 Å². The lowest BCUT2D eigenvalue weighted by atomic mass is 10.1. The van der Waals surface area contributed by atoms with E-state index in [2.05, 4.69) is 10.6 Å². The molecule has 0 saturated heterocycles. The quantitative estimate of drug-likeness (QED) is 0.681. The first-order valence-electron chi connectivity index (χ1n) is 5.00. The number of carboxylic acids is 1. The Morgan fingerprint density at radius 2 is 2.00 bits per heavy atom. The Hall–Kier alpha value is -2.37. The van der Waals surface area contributed by atoms with E-state index in [0.717, 1.165) is 0 Å². The van der Waals surface area contributed by atoms with E-state index in [0.29, 0.717) is 11.3 Å². The standard InChI is InChI=1S/C11H10N2O4/c14-9(15)5-8-11(17)12-7-4-2-1-3-6(7)10(16)13-8/h1-4,8H,5H2,(H,12,17)(H,13,16)(H,14,15)/t8-/m0/s1. The maximum Gasteiger partial charge on any atom is 0.305 e. The predicted molar refractivity (Wildman–Crippen MR) is 58.6 cm³/mol. The van der Waals surface area contributed by atoms with Crippen molar-refractivity contribution >= 4 is 23.5 Å². The van der Waals surface area contributed by atoms with Gasteiger partial charge < -0.3 is 15.7 Å². The summed E-state index contributed by atoms with van der Waals surface area (Å²) in [7, 11) is 0. The number of benzene rings is 1. The number of carbonyl (C=O) groups is 3. The molecule has 1 aromatic carbocycles. The average Bonchev–Trinajstić information content (AvgIpc) is 2.38. The van der Waals surface area contributed by atoms with E-state index in [-0.39, 0.29) is 0 Å². The Balaban J connectivity index is 2.31. The Bertz CT molecular complexity index is 498. The van der Waals surface area contributed by atoms with Gasteiger partial charge >= 0.3 is 5.97 Å². The number of hydrogen-bond donors (Lipinski definition) is 3. The molecule has 0 unspecified atom stereocenters. The molecule has 0 radical (unpaired) electrons. The highest BCUT2D eigenvalue weighted by Crippen LogP contribution is 2.18. The van der Waals surface area contributed by atoms with E-state index in [1.54, 1.807) is 24.3 Å². The van der Waals surface area contributed by atoms with Crippen LogP contribution in [0.5, 0.6) is 0 Å². The molecule has 2 rings (SSSR count). The summed E-state index contributed by atoms with van der Waals surface area (Å²) >= 11 is 0. The van der Waals surface area contributed by atoms with E-state index in [4.69, 9.17) is 5.11 Å². The summed E-state index contributed by atoms with van der Waals surface area (Å²) in [5, 5.41) is 13.6. The molecule has 0 bridgehead atoms. The molecular formula is C11H10N2O4. The number of aliphatic carboxylic acids is 1. The topological polar surface area (TPSA) is 95.5 Å². The van der Waals surface area contributed by atoms with Crippen LogP contribution in [0, 0.1) is 0 Å². The SMILES string of the molecule is O=C(O)C[C@@H]1NC(=O)c2ccccc2NC1=O. The van der Waals surface area contributed by atoms with Crippen LogP contribution in [0.2, 0.25) is 0 Å². The third kappa shape index (κ3) is 2.25. The van der Waals surface area contributed by atoms with Gasteiger partial charge in [-0.05, 0) is 12.1 Å². The highest BCUT2D eigenvalue weighted by molar-refractivity contribution is 6.10. The van der Waals surface area contributed by atoms with Crippen molar-refractivity contribution in [3.8, 4) is 0 Å². The molecule has 3 N–H and O–H groups in total. The van der Waals surface area contributed by atoms with Gasteiger partial charge in [-0.15, -0.1) is 0 Å². The summed E-state index contributed by atoms with van der Waals surface area (Å²) in [4.78, 5) is 34.0. The fourth-order valence-electron chi connectivity index (χ4n) is 1.63. The van der Waals surface area contributed by atoms with Crippen LogP contribution in [-0.4, -0.2) is 28.9 Å². The molecule has 2 amide bonds. The van der Waals surface area contributed by atoms with Crippen LogP contribution in [0.3, 0.4) is 0 Å². The van der Waals surface area contributed by atoms with Gasteiger partial charge in [-0.1, -0.05) is 12.1 Å². The Morgan fingerprint density at radius 3 is 2.71 bits per heavy atom. The molecule has 0 saturated carbocycles. The van der Waals surface area contributed by atoms with E-state index < -0.39 is 30.2 Å². The number of rotatable bonds is 2. The van der Waals surface area contributed by atoms with Crippen molar-refractivity contribution in [2.45, 2.75) is 12.5 Å². The van der Waals surface area contributed by atoms with Gasteiger partial charge in [-0.2, -0.15) is 0 Å². The number of para-hydroxylation sites is 1. The van der Waals surface area contributed by atoms with Gasteiger partial charge in [0.15, 0.2) is 0 Å². The van der Waals surface area contributed by atoms with Crippen LogP contribution < -0.4 is 10.6 Å². The maximum atomic E-state index is 11.7. The van der Waals surface area contributed by atoms with E-state index in [1.165, 1.54) is 0 Å². The molecule has 88 valence electrons. The fourth-order valence-corrected chi connectivity index (χ4v) is 1.63. The molecule has 1 atom stereocenters. The number of carbonyl (C=O) groups excluding carboxylic acids is 2. The van der Waals surface area contributed by atoms with Crippen LogP contribution in [0.1, 0.15) is 16.8 Å². The Labute approximate surface area is 96.6 Å². The van der Waals surface area contributed by atoms with Crippen molar-refractivity contribution in [1.29, 1.82) is 0 Å². The van der Waals surface area contributed by atoms with E-state index in [9.17, 15) is 14.4 Å². The first kappa shape index (κ1) is 11.1. The van der Waals surface area contributed by atoms with Gasteiger partial charge in [0.25, 0.3) is 5.91 Å². The summed E-state index contributed by atoms with van der Waals surface area (Å²) in [6, 6.07) is 5.46. The number of amides is 2. The Kier molecular flexibility index (Phi) is 2.78. The lowest BCUT2D eigenvalue weighted by molar-refractivity contribution is -0.139. The normalized spacial score (nSPS) is 18.7. The molecule has 1 aliphatic rings. The number of nitrogens with one attached hydrogen (secondary N) is 2. The fraction of sp³-hybridized carbons (Fsp3) is 0.182. The van der Waals surface area contributed by atoms with Crippen LogP contribution in [-0.2, 0) is 9.59 Å². The summed E-state index contributed by atoms with van der Waals surface area (Å²) < 4.78 is 0. The second-order valence-electron chi connectivity index (χ2n) is 3.66. The van der Waals surface area contributed by atoms with Crippen LogP contribution >= 0.6 is 0 Å². The first-order chi connectivity index (χ1) is 8.08. The molecule has 0 fully saturated rings. The summed E-state index contributed by atoms with van der Waals surface area (Å²) in [5.74, 6) is -2.12. The van der Waals surface area contributed by atoms with Crippen molar-refractivity contribution in [3.05, 3.63) is 29.8 Å². The van der Waals surface area contributed by atoms with Crippen molar-refractivity contribution in [2.24, 2.45) is 0 Å². The molecule has 6 heteroatoms. The number of carboxylic acid groups (broad SMARTS) is 1. The number of hydrogen-bond acceptors (Lipinski definition) is 3. The zero-order valence-corrected chi connectivity index (χ0v) is 8.77. The van der Waals surface area contributed by atoms with E-state index in [1.807, 2.05) is 0 Å². The van der Waals surface area contributed by atoms with Gasteiger partial charge in [0, 0.05) is 0 Å². The lowest BCUT2D eigenvalue weighted by Gasteiger charge is -2.11. The molecule has 0 aliphatic carbocycles. The van der Waals surface area contributed by atoms with E-state index >= 15 is 0 Å². The zero-order valence-electron chi connectivity index (χ0n) is 8.77. The molecule has 1 aromatic rings. The van der Waals surface area contributed by atoms with Gasteiger partial charge in [0.05, 0.1) is 17.7 Å². The average molecular weight is 234 g/mol. The highest BCUT2D eigenvalue weighted by Gasteiger charge is 2.28. The van der Waals surface area contributed by atoms with Gasteiger partial charge in [0.1, 0.15) is 6.04 Å². The first-order valence-corrected chi connectivity index (χ1v) is 5.00. The van der Waals surface area contributed by atoms with Crippen LogP contribution in [0.25, 0.3) is 0 Å². The third-order valence-corrected chi connectivity index (χ3v) is 2.43. The van der Waals surface area contributed by atoms with Gasteiger partial charge in [-0.25, -0.2) is 0 Å². The summed E-state index contributed by atoms with van der Waals surface area (Å²) in [6.07, 6.45) is -0.439. The lowest BCUT2D eigenvalue weighted by Crippen LogP contribution is -2.42. The zero-order chi connectivity index (χ0) is 12.4. The molecule has 17 heavy (non-hydrogen) atoms. The largest absolute Gasteiger partial charge is 0.481 e. The minimum absolute atomic E-state index is 0.328. The second kappa shape index (κ2) is 4.25. The Morgan fingerprint density at radius 1 is 1.29 bits per heavy atom. The monoisotopic (exact) mass is 234 g/mol. The molecular weight excluding hydrogens is 224 g/mol. The van der Waals surface area contributed by atoms with Crippen molar-refractivity contribution in [2.75, 3.05) is 5.32 Å². The summed E-state index contributed by atoms with van der Waals surface area (Å²) in [6.45, 7) is 0. The van der Waals surface area contributed by atoms with Gasteiger partial charge in [0.2, 0.25) is 5.91 Å². The molecule has 0 aromatic heterocycles. The minimum atomic E-state index is -1.14. The molecule has 1 aliphatic heterocycles. The minimum Gasteiger partial charge on any atom is -0.481 e. The van der Waals surface area contributed by atoms with Crippen LogP contribution in [0.4, 0.5) is 5.69 Å². The molecule has 0 spiro atoms. The second-order valence-corrected chi connectivity index (χ2v) is 3.66. The summed E-state index contributed by atoms with van der Waals surface area (Å²) in [5.41, 5.74) is 0.719. The molecule has 6 nitrogen and oxygen atoms in total. The number of anilines is 1. The third-order valence-electron chi connectivity index (χ3n) is 2.43. The maximum absolute atomic E-state index is 11.7.